The maximum atomic E-state index is 11.8. The van der Waals surface area contributed by atoms with Crippen molar-refractivity contribution >= 4 is 17.5 Å². The summed E-state index contributed by atoms with van der Waals surface area (Å²) < 4.78 is 0. The average Bonchev–Trinajstić information content (AvgIpc) is 2.38. The maximum Gasteiger partial charge on any atom is 0.243 e. The number of amides is 2. The Morgan fingerprint density at radius 1 is 1.42 bits per heavy atom. The Bertz CT molecular complexity index is 506. The second-order valence-corrected chi connectivity index (χ2v) is 4.18. The van der Waals surface area contributed by atoms with Crippen molar-refractivity contribution < 1.29 is 9.59 Å². The van der Waals surface area contributed by atoms with E-state index in [1.165, 1.54) is 11.8 Å². The van der Waals surface area contributed by atoms with Gasteiger partial charge in [0.05, 0.1) is 18.2 Å². The maximum absolute atomic E-state index is 11.8. The van der Waals surface area contributed by atoms with Crippen LogP contribution in [0.15, 0.2) is 24.3 Å². The Morgan fingerprint density at radius 2 is 2.16 bits per heavy atom. The van der Waals surface area contributed by atoms with Gasteiger partial charge in [0.25, 0.3) is 0 Å². The van der Waals surface area contributed by atoms with Crippen LogP contribution in [-0.4, -0.2) is 29.8 Å². The smallest absolute Gasteiger partial charge is 0.243 e. The van der Waals surface area contributed by atoms with E-state index >= 15 is 0 Å². The molecule has 0 spiro atoms. The number of nitrogens with one attached hydrogen (secondary N) is 1. The molecule has 0 aromatic heterocycles. The van der Waals surface area contributed by atoms with Crippen molar-refractivity contribution in [3.05, 3.63) is 29.8 Å². The van der Waals surface area contributed by atoms with Gasteiger partial charge in [-0.2, -0.15) is 5.26 Å². The van der Waals surface area contributed by atoms with Crippen LogP contribution in [0.25, 0.3) is 0 Å². The minimum absolute atomic E-state index is 0.0277. The van der Waals surface area contributed by atoms with Crippen molar-refractivity contribution in [2.24, 2.45) is 0 Å². The van der Waals surface area contributed by atoms with E-state index in [9.17, 15) is 9.59 Å². The first-order valence-corrected chi connectivity index (χ1v) is 6.12. The van der Waals surface area contributed by atoms with Gasteiger partial charge in [0, 0.05) is 19.2 Å². The van der Waals surface area contributed by atoms with Crippen molar-refractivity contribution in [2.75, 3.05) is 18.4 Å². The van der Waals surface area contributed by atoms with E-state index in [0.717, 1.165) is 6.42 Å². The fraction of sp³-hybridized carbons (Fsp3) is 0.357. The van der Waals surface area contributed by atoms with Crippen LogP contribution in [-0.2, 0) is 9.59 Å². The third-order valence-corrected chi connectivity index (χ3v) is 2.55. The van der Waals surface area contributed by atoms with Crippen LogP contribution in [0.1, 0.15) is 25.8 Å². The fourth-order valence-electron chi connectivity index (χ4n) is 1.66. The molecule has 0 bridgehead atoms. The fourth-order valence-corrected chi connectivity index (χ4v) is 1.66. The average molecular weight is 259 g/mol. The molecule has 0 aliphatic heterocycles. The SMILES string of the molecule is CCCN(CC(=O)Nc1cccc(C#N)c1)C(C)=O. The molecule has 0 aliphatic rings. The summed E-state index contributed by atoms with van der Waals surface area (Å²) >= 11 is 0. The van der Waals surface area contributed by atoms with Gasteiger partial charge >= 0.3 is 0 Å². The van der Waals surface area contributed by atoms with Gasteiger partial charge in [-0.1, -0.05) is 13.0 Å². The van der Waals surface area contributed by atoms with Crippen molar-refractivity contribution in [2.45, 2.75) is 20.3 Å². The Kier molecular flexibility index (Phi) is 5.55. The molecule has 1 rings (SSSR count). The van der Waals surface area contributed by atoms with E-state index < -0.39 is 0 Å². The van der Waals surface area contributed by atoms with E-state index in [1.807, 2.05) is 13.0 Å². The van der Waals surface area contributed by atoms with Crippen LogP contribution in [0.4, 0.5) is 5.69 Å². The number of anilines is 1. The Balaban J connectivity index is 2.63. The van der Waals surface area contributed by atoms with Gasteiger partial charge in [-0.05, 0) is 24.6 Å². The summed E-state index contributed by atoms with van der Waals surface area (Å²) in [5.41, 5.74) is 1.04. The number of carbonyl (C=O) groups is 2. The number of benzene rings is 1. The third-order valence-electron chi connectivity index (χ3n) is 2.55. The quantitative estimate of drug-likeness (QED) is 0.875. The first kappa shape index (κ1) is 14.7. The summed E-state index contributed by atoms with van der Waals surface area (Å²) in [4.78, 5) is 24.6. The molecule has 0 heterocycles. The van der Waals surface area contributed by atoms with E-state index in [4.69, 9.17) is 5.26 Å². The summed E-state index contributed by atoms with van der Waals surface area (Å²) in [7, 11) is 0. The lowest BCUT2D eigenvalue weighted by Gasteiger charge is -2.19. The first-order chi connectivity index (χ1) is 9.06. The molecule has 5 nitrogen and oxygen atoms in total. The number of carbonyl (C=O) groups excluding carboxylic acids is 2. The molecule has 0 unspecified atom stereocenters. The summed E-state index contributed by atoms with van der Waals surface area (Å²) in [6, 6.07) is 8.66. The van der Waals surface area contributed by atoms with Crippen molar-refractivity contribution in [3.8, 4) is 6.07 Å². The van der Waals surface area contributed by atoms with Gasteiger partial charge in [0.1, 0.15) is 0 Å². The van der Waals surface area contributed by atoms with Crippen molar-refractivity contribution in [3.63, 3.8) is 0 Å². The van der Waals surface area contributed by atoms with Gasteiger partial charge < -0.3 is 10.2 Å². The Labute approximate surface area is 112 Å². The molecule has 0 radical (unpaired) electrons. The van der Waals surface area contributed by atoms with Crippen molar-refractivity contribution in [1.82, 2.24) is 4.90 Å². The normalized spacial score (nSPS) is 9.53. The van der Waals surface area contributed by atoms with Crippen LogP contribution in [0.5, 0.6) is 0 Å². The Hall–Kier alpha value is -2.35. The van der Waals surface area contributed by atoms with E-state index in [0.29, 0.717) is 17.8 Å². The molecule has 19 heavy (non-hydrogen) atoms. The van der Waals surface area contributed by atoms with E-state index in [2.05, 4.69) is 5.32 Å². The zero-order valence-electron chi connectivity index (χ0n) is 11.1. The topological polar surface area (TPSA) is 73.2 Å². The lowest BCUT2D eigenvalue weighted by atomic mass is 10.2. The Morgan fingerprint density at radius 3 is 2.74 bits per heavy atom. The molecule has 1 aromatic rings. The molecule has 5 heteroatoms. The van der Waals surface area contributed by atoms with Crippen LogP contribution < -0.4 is 5.32 Å². The predicted molar refractivity (Wildman–Crippen MR) is 72.3 cm³/mol. The van der Waals surface area contributed by atoms with Crippen LogP contribution >= 0.6 is 0 Å². The molecule has 0 saturated carbocycles. The molecular formula is C14H17N3O2. The summed E-state index contributed by atoms with van der Waals surface area (Å²) in [6.07, 6.45) is 0.802. The van der Waals surface area contributed by atoms with Crippen LogP contribution in [0.2, 0.25) is 0 Å². The van der Waals surface area contributed by atoms with Gasteiger partial charge in [0.15, 0.2) is 0 Å². The lowest BCUT2D eigenvalue weighted by Crippen LogP contribution is -2.37. The van der Waals surface area contributed by atoms with E-state index in [-0.39, 0.29) is 18.4 Å². The van der Waals surface area contributed by atoms with Crippen LogP contribution in [0, 0.1) is 11.3 Å². The molecule has 0 atom stereocenters. The summed E-state index contributed by atoms with van der Waals surface area (Å²) in [5, 5.41) is 11.4. The molecule has 100 valence electrons. The highest BCUT2D eigenvalue weighted by atomic mass is 16.2. The molecule has 0 saturated heterocycles. The molecular weight excluding hydrogens is 242 g/mol. The van der Waals surface area contributed by atoms with Crippen molar-refractivity contribution in [1.29, 1.82) is 5.26 Å². The number of nitriles is 1. The van der Waals surface area contributed by atoms with Crippen LogP contribution in [0.3, 0.4) is 0 Å². The zero-order valence-corrected chi connectivity index (χ0v) is 11.1. The minimum Gasteiger partial charge on any atom is -0.334 e. The highest BCUT2D eigenvalue weighted by Crippen LogP contribution is 2.09. The summed E-state index contributed by atoms with van der Waals surface area (Å²) in [5.74, 6) is -0.387. The highest BCUT2D eigenvalue weighted by Gasteiger charge is 2.12. The molecule has 1 N–H and O–H groups in total. The first-order valence-electron chi connectivity index (χ1n) is 6.12. The summed E-state index contributed by atoms with van der Waals surface area (Å²) in [6.45, 7) is 3.98. The monoisotopic (exact) mass is 259 g/mol. The van der Waals surface area contributed by atoms with Gasteiger partial charge in [0.2, 0.25) is 11.8 Å². The third kappa shape index (κ3) is 4.80. The second kappa shape index (κ2) is 7.17. The number of hydrogen-bond donors (Lipinski definition) is 1. The molecule has 0 aliphatic carbocycles. The largest absolute Gasteiger partial charge is 0.334 e. The minimum atomic E-state index is -0.265. The second-order valence-electron chi connectivity index (χ2n) is 4.18. The zero-order chi connectivity index (χ0) is 14.3. The van der Waals surface area contributed by atoms with Gasteiger partial charge in [-0.15, -0.1) is 0 Å². The van der Waals surface area contributed by atoms with Gasteiger partial charge in [-0.3, -0.25) is 9.59 Å². The lowest BCUT2D eigenvalue weighted by molar-refractivity contribution is -0.132. The van der Waals surface area contributed by atoms with Gasteiger partial charge in [-0.25, -0.2) is 0 Å². The van der Waals surface area contributed by atoms with E-state index in [1.54, 1.807) is 24.3 Å². The molecule has 2 amide bonds. The highest BCUT2D eigenvalue weighted by molar-refractivity contribution is 5.94. The molecule has 0 fully saturated rings. The molecule has 1 aromatic carbocycles. The number of rotatable bonds is 5. The predicted octanol–water partition coefficient (Wildman–Crippen LogP) is 1.76. The number of nitrogens with zero attached hydrogens (tertiary/aromatic N) is 2. The standard InChI is InChI=1S/C14H17N3O2/c1-3-7-17(11(2)18)10-14(19)16-13-6-4-5-12(8-13)9-15/h4-6,8H,3,7,10H2,1-2H3,(H,16,19). The number of hydrogen-bond acceptors (Lipinski definition) is 3.